The Kier molecular flexibility index (Phi) is 6.39. The van der Waals surface area contributed by atoms with Gasteiger partial charge in [-0.05, 0) is 31.0 Å². The van der Waals surface area contributed by atoms with E-state index in [4.69, 9.17) is 0 Å². The summed E-state index contributed by atoms with van der Waals surface area (Å²) < 4.78 is 1.99. The van der Waals surface area contributed by atoms with Gasteiger partial charge >= 0.3 is 0 Å². The summed E-state index contributed by atoms with van der Waals surface area (Å²) in [5, 5.41) is 15.3. The molecule has 2 atom stereocenters. The highest BCUT2D eigenvalue weighted by molar-refractivity contribution is 5.79. The summed E-state index contributed by atoms with van der Waals surface area (Å²) in [7, 11) is 1.80. The number of aromatic nitrogens is 3. The molecule has 1 saturated heterocycles. The summed E-state index contributed by atoms with van der Waals surface area (Å²) in [6.45, 7) is 4.82. The number of hydrogen-bond donors (Lipinski definition) is 2. The Bertz CT molecular complexity index is 952. The van der Waals surface area contributed by atoms with Crippen LogP contribution in [0.15, 0.2) is 72.0 Å². The summed E-state index contributed by atoms with van der Waals surface area (Å²) in [4.78, 5) is 6.93. The summed E-state index contributed by atoms with van der Waals surface area (Å²) >= 11 is 0. The first-order valence-electron chi connectivity index (χ1n) is 10.4. The molecule has 2 N–H and O–H groups in total. The van der Waals surface area contributed by atoms with Gasteiger partial charge in [-0.25, -0.2) is 0 Å². The molecule has 2 unspecified atom stereocenters. The number of likely N-dealkylation sites (tertiary alicyclic amines) is 1. The molecular formula is C23H29N7. The van der Waals surface area contributed by atoms with Gasteiger partial charge in [0, 0.05) is 37.9 Å². The molecular weight excluding hydrogens is 374 g/mol. The van der Waals surface area contributed by atoms with E-state index in [1.54, 1.807) is 13.4 Å². The Labute approximate surface area is 177 Å². The maximum atomic E-state index is 4.41. The molecule has 1 aliphatic heterocycles. The maximum Gasteiger partial charge on any atom is 0.191 e. The fraction of sp³-hybridized carbons (Fsp3) is 0.348. The molecule has 7 heteroatoms. The molecule has 0 amide bonds. The molecule has 1 fully saturated rings. The van der Waals surface area contributed by atoms with Crippen molar-refractivity contribution >= 4 is 5.96 Å². The zero-order valence-electron chi connectivity index (χ0n) is 17.6. The van der Waals surface area contributed by atoms with Crippen molar-refractivity contribution in [3.63, 3.8) is 0 Å². The molecule has 4 rings (SSSR count). The lowest BCUT2D eigenvalue weighted by Gasteiger charge is -2.21. The van der Waals surface area contributed by atoms with Gasteiger partial charge in [0.05, 0.1) is 6.54 Å². The van der Waals surface area contributed by atoms with E-state index in [1.807, 2.05) is 34.9 Å². The van der Waals surface area contributed by atoms with Gasteiger partial charge in [-0.15, -0.1) is 10.2 Å². The average Bonchev–Trinajstić information content (AvgIpc) is 3.39. The predicted molar refractivity (Wildman–Crippen MR) is 119 cm³/mol. The van der Waals surface area contributed by atoms with Gasteiger partial charge in [-0.2, -0.15) is 0 Å². The highest BCUT2D eigenvalue weighted by Gasteiger charge is 2.29. The van der Waals surface area contributed by atoms with Crippen LogP contribution in [0, 0.1) is 0 Å². The van der Waals surface area contributed by atoms with Gasteiger partial charge in [0.25, 0.3) is 0 Å². The Balaban J connectivity index is 1.32. The minimum atomic E-state index is 0.363. The molecule has 0 radical (unpaired) electrons. The molecule has 30 heavy (non-hydrogen) atoms. The second-order valence-electron chi connectivity index (χ2n) is 7.72. The van der Waals surface area contributed by atoms with Gasteiger partial charge in [0.15, 0.2) is 11.8 Å². The number of hydrogen-bond acceptors (Lipinski definition) is 4. The van der Waals surface area contributed by atoms with Crippen molar-refractivity contribution in [1.82, 2.24) is 30.3 Å². The highest BCUT2D eigenvalue weighted by Crippen LogP contribution is 2.20. The lowest BCUT2D eigenvalue weighted by Crippen LogP contribution is -2.44. The van der Waals surface area contributed by atoms with Gasteiger partial charge in [0.1, 0.15) is 6.33 Å². The van der Waals surface area contributed by atoms with Gasteiger partial charge in [-0.1, -0.05) is 48.5 Å². The summed E-state index contributed by atoms with van der Waals surface area (Å²) in [5.74, 6) is 1.63. The van der Waals surface area contributed by atoms with Gasteiger partial charge in [0.2, 0.25) is 0 Å². The average molecular weight is 404 g/mol. The van der Waals surface area contributed by atoms with E-state index in [1.165, 1.54) is 5.56 Å². The minimum absolute atomic E-state index is 0.363. The molecule has 0 saturated carbocycles. The first-order valence-corrected chi connectivity index (χ1v) is 10.4. The minimum Gasteiger partial charge on any atom is -0.352 e. The Hall–Kier alpha value is -3.19. The number of aliphatic imine (C=N–C) groups is 1. The van der Waals surface area contributed by atoms with Crippen LogP contribution in [0.25, 0.3) is 5.69 Å². The third-order valence-electron chi connectivity index (χ3n) is 5.56. The third-order valence-corrected chi connectivity index (χ3v) is 5.56. The Morgan fingerprint density at radius 3 is 2.57 bits per heavy atom. The van der Waals surface area contributed by atoms with Crippen LogP contribution in [0.1, 0.15) is 24.7 Å². The topological polar surface area (TPSA) is 70.4 Å². The van der Waals surface area contributed by atoms with Gasteiger partial charge < -0.3 is 10.6 Å². The van der Waals surface area contributed by atoms with Crippen LogP contribution in [-0.4, -0.2) is 51.3 Å². The molecule has 156 valence electrons. The van der Waals surface area contributed by atoms with E-state index in [0.717, 1.165) is 37.0 Å². The van der Waals surface area contributed by atoms with E-state index in [-0.39, 0.29) is 0 Å². The number of rotatable bonds is 6. The molecule has 0 spiro atoms. The molecule has 1 aliphatic rings. The number of benzene rings is 2. The lowest BCUT2D eigenvalue weighted by molar-refractivity contribution is 0.258. The molecule has 3 aromatic rings. The lowest BCUT2D eigenvalue weighted by atomic mass is 10.2. The van der Waals surface area contributed by atoms with Crippen LogP contribution in [0.2, 0.25) is 0 Å². The Morgan fingerprint density at radius 1 is 1.10 bits per heavy atom. The highest BCUT2D eigenvalue weighted by atomic mass is 15.3. The summed E-state index contributed by atoms with van der Waals surface area (Å²) in [6, 6.07) is 21.7. The van der Waals surface area contributed by atoms with E-state index >= 15 is 0 Å². The molecule has 1 aromatic heterocycles. The first-order chi connectivity index (χ1) is 14.7. The quantitative estimate of drug-likeness (QED) is 0.489. The van der Waals surface area contributed by atoms with E-state index < -0.39 is 0 Å². The second kappa shape index (κ2) is 9.54. The summed E-state index contributed by atoms with van der Waals surface area (Å²) in [6.07, 6.45) is 2.83. The van der Waals surface area contributed by atoms with Crippen LogP contribution < -0.4 is 10.6 Å². The molecule has 2 aromatic carbocycles. The molecule has 7 nitrogen and oxygen atoms in total. The van der Waals surface area contributed by atoms with Crippen LogP contribution in [0.5, 0.6) is 0 Å². The SMILES string of the molecule is CN=C(NCc1nncn1-c1ccccc1)NC1CC(C)N(Cc2ccccc2)C1. The predicted octanol–water partition coefficient (Wildman–Crippen LogP) is 2.60. The van der Waals surface area contributed by atoms with Crippen molar-refractivity contribution in [1.29, 1.82) is 0 Å². The van der Waals surface area contributed by atoms with E-state index in [2.05, 4.69) is 68.0 Å². The second-order valence-corrected chi connectivity index (χ2v) is 7.72. The van der Waals surface area contributed by atoms with Crippen LogP contribution in [-0.2, 0) is 13.1 Å². The number of nitrogens with zero attached hydrogens (tertiary/aromatic N) is 5. The maximum absolute atomic E-state index is 4.41. The van der Waals surface area contributed by atoms with Crippen molar-refractivity contribution in [3.05, 3.63) is 78.4 Å². The summed E-state index contributed by atoms with van der Waals surface area (Å²) in [5.41, 5.74) is 2.40. The zero-order chi connectivity index (χ0) is 20.8. The third kappa shape index (κ3) is 4.86. The van der Waals surface area contributed by atoms with E-state index in [0.29, 0.717) is 18.6 Å². The molecule has 0 aliphatic carbocycles. The largest absolute Gasteiger partial charge is 0.352 e. The van der Waals surface area contributed by atoms with E-state index in [9.17, 15) is 0 Å². The Morgan fingerprint density at radius 2 is 1.83 bits per heavy atom. The molecule has 0 bridgehead atoms. The monoisotopic (exact) mass is 403 g/mol. The van der Waals surface area contributed by atoms with Crippen molar-refractivity contribution in [3.8, 4) is 5.69 Å². The van der Waals surface area contributed by atoms with Crippen LogP contribution >= 0.6 is 0 Å². The van der Waals surface area contributed by atoms with Crippen molar-refractivity contribution in [2.45, 2.75) is 38.5 Å². The number of nitrogens with one attached hydrogen (secondary N) is 2. The van der Waals surface area contributed by atoms with Crippen LogP contribution in [0.4, 0.5) is 0 Å². The van der Waals surface area contributed by atoms with Crippen molar-refractivity contribution in [2.24, 2.45) is 4.99 Å². The van der Waals surface area contributed by atoms with Crippen molar-refractivity contribution in [2.75, 3.05) is 13.6 Å². The van der Waals surface area contributed by atoms with Crippen molar-refractivity contribution < 1.29 is 0 Å². The normalized spacial score (nSPS) is 19.7. The fourth-order valence-corrected chi connectivity index (χ4v) is 3.98. The number of guanidine groups is 1. The van der Waals surface area contributed by atoms with Crippen LogP contribution in [0.3, 0.4) is 0 Å². The fourth-order valence-electron chi connectivity index (χ4n) is 3.98. The smallest absolute Gasteiger partial charge is 0.191 e. The molecule has 2 heterocycles. The standard InChI is InChI=1S/C23H29N7/c1-18-13-20(16-29(18)15-19-9-5-3-6-10-19)27-23(24-2)25-14-22-28-26-17-30(22)21-11-7-4-8-12-21/h3-12,17-18,20H,13-16H2,1-2H3,(H2,24,25,27). The van der Waals surface area contributed by atoms with Gasteiger partial charge in [-0.3, -0.25) is 14.5 Å². The zero-order valence-corrected chi connectivity index (χ0v) is 17.6. The first kappa shape index (κ1) is 20.1. The number of para-hydroxylation sites is 1.